The van der Waals surface area contributed by atoms with Crippen molar-refractivity contribution in [3.8, 4) is 0 Å². The molecule has 0 aromatic carbocycles. The van der Waals surface area contributed by atoms with E-state index in [2.05, 4.69) is 9.88 Å². The zero-order chi connectivity index (χ0) is 13.2. The van der Waals surface area contributed by atoms with E-state index in [9.17, 15) is 5.11 Å². The standard InChI is InChI=1S/C14H21N3O2/c15-14-10(3-1-5-16-14)7-12(18)13-8-17-6-2-4-11(17)9-19-13/h1,3,5,11-13,18H,2,4,6-9H2,(H2,15,16). The maximum atomic E-state index is 10.3. The van der Waals surface area contributed by atoms with Gasteiger partial charge in [0.05, 0.1) is 18.8 Å². The Labute approximate surface area is 113 Å². The van der Waals surface area contributed by atoms with Crippen molar-refractivity contribution in [2.24, 2.45) is 0 Å². The van der Waals surface area contributed by atoms with E-state index < -0.39 is 6.10 Å². The van der Waals surface area contributed by atoms with Crippen LogP contribution in [-0.2, 0) is 11.2 Å². The average molecular weight is 263 g/mol. The monoisotopic (exact) mass is 263 g/mol. The summed E-state index contributed by atoms with van der Waals surface area (Å²) >= 11 is 0. The summed E-state index contributed by atoms with van der Waals surface area (Å²) in [5, 5.41) is 10.3. The lowest BCUT2D eigenvalue weighted by molar-refractivity contribution is -0.101. The molecule has 0 spiro atoms. The molecule has 0 aliphatic carbocycles. The van der Waals surface area contributed by atoms with Crippen LogP contribution in [0.15, 0.2) is 18.3 Å². The number of nitrogens with two attached hydrogens (primary N) is 1. The summed E-state index contributed by atoms with van der Waals surface area (Å²) < 4.78 is 5.81. The number of aliphatic hydroxyl groups is 1. The van der Waals surface area contributed by atoms with Gasteiger partial charge in [-0.2, -0.15) is 0 Å². The number of aliphatic hydroxyl groups excluding tert-OH is 1. The van der Waals surface area contributed by atoms with Crippen molar-refractivity contribution >= 4 is 5.82 Å². The number of morpholine rings is 1. The normalized spacial score (nSPS) is 29.1. The molecule has 3 rings (SSSR count). The van der Waals surface area contributed by atoms with Gasteiger partial charge in [-0.3, -0.25) is 4.90 Å². The van der Waals surface area contributed by atoms with Crippen LogP contribution in [0.5, 0.6) is 0 Å². The number of nitrogens with zero attached hydrogens (tertiary/aromatic N) is 2. The number of aromatic nitrogens is 1. The molecule has 2 saturated heterocycles. The third-order valence-electron chi connectivity index (χ3n) is 4.20. The van der Waals surface area contributed by atoms with Crippen LogP contribution in [0.4, 0.5) is 5.82 Å². The van der Waals surface area contributed by atoms with E-state index in [0.717, 1.165) is 25.3 Å². The van der Waals surface area contributed by atoms with Gasteiger partial charge in [-0.05, 0) is 31.0 Å². The Balaban J connectivity index is 1.61. The van der Waals surface area contributed by atoms with Gasteiger partial charge in [-0.15, -0.1) is 0 Å². The molecule has 5 nitrogen and oxygen atoms in total. The first-order valence-corrected chi connectivity index (χ1v) is 6.97. The van der Waals surface area contributed by atoms with E-state index in [-0.39, 0.29) is 6.10 Å². The van der Waals surface area contributed by atoms with Crippen molar-refractivity contribution in [1.29, 1.82) is 0 Å². The second-order valence-corrected chi connectivity index (χ2v) is 5.48. The Morgan fingerprint density at radius 2 is 2.47 bits per heavy atom. The van der Waals surface area contributed by atoms with Gasteiger partial charge in [0.1, 0.15) is 5.82 Å². The molecular formula is C14H21N3O2. The van der Waals surface area contributed by atoms with Crippen molar-refractivity contribution in [2.75, 3.05) is 25.4 Å². The third kappa shape index (κ3) is 2.73. The van der Waals surface area contributed by atoms with Crippen LogP contribution >= 0.6 is 0 Å². The SMILES string of the molecule is Nc1ncccc1CC(O)C1CN2CCCC2CO1. The number of hydrogen-bond donors (Lipinski definition) is 2. The van der Waals surface area contributed by atoms with Crippen LogP contribution in [0.2, 0.25) is 0 Å². The van der Waals surface area contributed by atoms with Crippen LogP contribution in [0.1, 0.15) is 18.4 Å². The quantitative estimate of drug-likeness (QED) is 0.827. The lowest BCUT2D eigenvalue weighted by atomic mass is 10.0. The summed E-state index contributed by atoms with van der Waals surface area (Å²) in [5.41, 5.74) is 6.70. The molecule has 0 radical (unpaired) electrons. The molecule has 19 heavy (non-hydrogen) atoms. The zero-order valence-corrected chi connectivity index (χ0v) is 11.0. The van der Waals surface area contributed by atoms with Gasteiger partial charge < -0.3 is 15.6 Å². The fourth-order valence-electron chi connectivity index (χ4n) is 3.06. The van der Waals surface area contributed by atoms with E-state index in [0.29, 0.717) is 18.3 Å². The maximum Gasteiger partial charge on any atom is 0.126 e. The van der Waals surface area contributed by atoms with E-state index in [1.807, 2.05) is 12.1 Å². The summed E-state index contributed by atoms with van der Waals surface area (Å²) in [4.78, 5) is 6.48. The smallest absolute Gasteiger partial charge is 0.126 e. The van der Waals surface area contributed by atoms with E-state index in [1.165, 1.54) is 12.8 Å². The Hall–Kier alpha value is -1.17. The van der Waals surface area contributed by atoms with Gasteiger partial charge in [0, 0.05) is 25.2 Å². The molecule has 5 heteroatoms. The third-order valence-corrected chi connectivity index (χ3v) is 4.20. The number of anilines is 1. The average Bonchev–Trinajstić information content (AvgIpc) is 2.88. The number of pyridine rings is 1. The highest BCUT2D eigenvalue weighted by Crippen LogP contribution is 2.25. The molecule has 3 N–H and O–H groups in total. The van der Waals surface area contributed by atoms with Crippen LogP contribution in [0.25, 0.3) is 0 Å². The fourth-order valence-corrected chi connectivity index (χ4v) is 3.06. The molecule has 0 saturated carbocycles. The van der Waals surface area contributed by atoms with Crippen LogP contribution in [0.3, 0.4) is 0 Å². The Kier molecular flexibility index (Phi) is 3.68. The van der Waals surface area contributed by atoms with Crippen LogP contribution in [0, 0.1) is 0 Å². The Morgan fingerprint density at radius 1 is 1.58 bits per heavy atom. The lowest BCUT2D eigenvalue weighted by Gasteiger charge is -2.37. The van der Waals surface area contributed by atoms with Gasteiger partial charge in [-0.25, -0.2) is 4.98 Å². The largest absolute Gasteiger partial charge is 0.390 e. The molecule has 2 fully saturated rings. The van der Waals surface area contributed by atoms with Gasteiger partial charge in [-0.1, -0.05) is 6.07 Å². The van der Waals surface area contributed by atoms with Gasteiger partial charge >= 0.3 is 0 Å². The molecule has 0 bridgehead atoms. The first-order chi connectivity index (χ1) is 9.24. The first-order valence-electron chi connectivity index (χ1n) is 6.97. The Morgan fingerprint density at radius 3 is 3.32 bits per heavy atom. The predicted molar refractivity (Wildman–Crippen MR) is 72.7 cm³/mol. The van der Waals surface area contributed by atoms with Gasteiger partial charge in [0.2, 0.25) is 0 Å². The molecule has 2 aliphatic rings. The zero-order valence-electron chi connectivity index (χ0n) is 11.0. The molecular weight excluding hydrogens is 242 g/mol. The minimum absolute atomic E-state index is 0.117. The summed E-state index contributed by atoms with van der Waals surface area (Å²) in [6.45, 7) is 2.70. The number of ether oxygens (including phenoxy) is 1. The predicted octanol–water partition coefficient (Wildman–Crippen LogP) is 0.430. The highest BCUT2D eigenvalue weighted by atomic mass is 16.5. The highest BCUT2D eigenvalue weighted by Gasteiger charge is 2.35. The lowest BCUT2D eigenvalue weighted by Crippen LogP contribution is -2.50. The molecule has 104 valence electrons. The molecule has 2 aliphatic heterocycles. The highest BCUT2D eigenvalue weighted by molar-refractivity contribution is 5.38. The topological polar surface area (TPSA) is 71.6 Å². The Bertz CT molecular complexity index is 440. The second kappa shape index (κ2) is 5.45. The van der Waals surface area contributed by atoms with Gasteiger partial charge in [0.25, 0.3) is 0 Å². The van der Waals surface area contributed by atoms with Crippen LogP contribution < -0.4 is 5.73 Å². The number of fused-ring (bicyclic) bond motifs is 1. The summed E-state index contributed by atoms with van der Waals surface area (Å²) in [6, 6.07) is 4.32. The van der Waals surface area contributed by atoms with Crippen molar-refractivity contribution in [1.82, 2.24) is 9.88 Å². The minimum Gasteiger partial charge on any atom is -0.390 e. The van der Waals surface area contributed by atoms with E-state index >= 15 is 0 Å². The number of nitrogen functional groups attached to an aromatic ring is 1. The van der Waals surface area contributed by atoms with Crippen molar-refractivity contribution in [3.05, 3.63) is 23.9 Å². The number of hydrogen-bond acceptors (Lipinski definition) is 5. The first kappa shape index (κ1) is 12.8. The molecule has 1 aromatic heterocycles. The molecule has 1 aromatic rings. The summed E-state index contributed by atoms with van der Waals surface area (Å²) in [6.07, 6.45) is 3.99. The van der Waals surface area contributed by atoms with Crippen molar-refractivity contribution in [2.45, 2.75) is 37.5 Å². The molecule has 3 heterocycles. The van der Waals surface area contributed by atoms with Crippen LogP contribution in [-0.4, -0.2) is 52.9 Å². The summed E-state index contributed by atoms with van der Waals surface area (Å²) in [7, 11) is 0. The molecule has 0 amide bonds. The number of rotatable bonds is 3. The minimum atomic E-state index is -0.520. The second-order valence-electron chi connectivity index (χ2n) is 5.48. The maximum absolute atomic E-state index is 10.3. The summed E-state index contributed by atoms with van der Waals surface area (Å²) in [5.74, 6) is 0.497. The molecule has 3 unspecified atom stereocenters. The van der Waals surface area contributed by atoms with Gasteiger partial charge in [0.15, 0.2) is 0 Å². The van der Waals surface area contributed by atoms with E-state index in [1.54, 1.807) is 6.20 Å². The fraction of sp³-hybridized carbons (Fsp3) is 0.643. The van der Waals surface area contributed by atoms with Crippen molar-refractivity contribution in [3.63, 3.8) is 0 Å². The molecule has 3 atom stereocenters. The van der Waals surface area contributed by atoms with Crippen molar-refractivity contribution < 1.29 is 9.84 Å². The van der Waals surface area contributed by atoms with E-state index in [4.69, 9.17) is 10.5 Å².